The van der Waals surface area contributed by atoms with Crippen LogP contribution in [-0.4, -0.2) is 34.8 Å². The Morgan fingerprint density at radius 2 is 2.03 bits per heavy atom. The zero-order valence-electron chi connectivity index (χ0n) is 19.8. The van der Waals surface area contributed by atoms with Crippen molar-refractivity contribution in [3.8, 4) is 5.75 Å². The maximum Gasteiger partial charge on any atom is 0.333 e. The number of fused-ring (bicyclic) bond motifs is 4. The van der Waals surface area contributed by atoms with E-state index >= 15 is 0 Å². The maximum absolute atomic E-state index is 12.0. The minimum Gasteiger partial charge on any atom is -0.460 e. The first-order valence-electron chi connectivity index (χ1n) is 11.3. The van der Waals surface area contributed by atoms with Crippen molar-refractivity contribution >= 4 is 34.3 Å². The van der Waals surface area contributed by atoms with Crippen LogP contribution in [0.2, 0.25) is 0 Å². The second-order valence-electron chi connectivity index (χ2n) is 9.31. The molecule has 1 atom stereocenters. The van der Waals surface area contributed by atoms with Gasteiger partial charge in [0.15, 0.2) is 5.75 Å². The number of esters is 1. The Kier molecular flexibility index (Phi) is 5.12. The molecule has 8 heteroatoms. The van der Waals surface area contributed by atoms with E-state index in [9.17, 15) is 14.9 Å². The number of nitro groups is 1. The first-order chi connectivity index (χ1) is 16.7. The van der Waals surface area contributed by atoms with Crippen molar-refractivity contribution in [1.29, 1.82) is 0 Å². The SMILES string of the molecule is C=C(C)C(=O)OCCN1c2ccccc2C(C)(C)C12C=Cc1cc([N+](=O)[O-])c3cccnc3c1O2. The van der Waals surface area contributed by atoms with Crippen molar-refractivity contribution in [2.75, 3.05) is 18.1 Å². The highest BCUT2D eigenvalue weighted by atomic mass is 16.6. The van der Waals surface area contributed by atoms with E-state index in [4.69, 9.17) is 9.47 Å². The second kappa shape index (κ2) is 7.94. The standard InChI is InChI=1S/C27H25N3O5/c1-17(2)25(31)34-15-14-29-21-10-6-5-9-20(21)26(3,4)27(29)12-11-18-16-22(30(32)33)19-8-7-13-28-23(19)24(18)35-27/h5-13,16H,1,14-15H2,2-4H3. The predicted molar refractivity (Wildman–Crippen MR) is 133 cm³/mol. The number of benzene rings is 2. The van der Waals surface area contributed by atoms with E-state index in [1.54, 1.807) is 25.3 Å². The van der Waals surface area contributed by atoms with Gasteiger partial charge in [-0.15, -0.1) is 0 Å². The van der Waals surface area contributed by atoms with E-state index in [1.165, 1.54) is 6.07 Å². The topological polar surface area (TPSA) is 94.8 Å². The fraction of sp³-hybridized carbons (Fsp3) is 0.259. The first kappa shape index (κ1) is 22.6. The third kappa shape index (κ3) is 3.28. The lowest BCUT2D eigenvalue weighted by molar-refractivity contribution is -0.383. The number of para-hydroxylation sites is 1. The van der Waals surface area contributed by atoms with Gasteiger partial charge in [-0.05, 0) is 56.7 Å². The van der Waals surface area contributed by atoms with Gasteiger partial charge >= 0.3 is 5.97 Å². The zero-order chi connectivity index (χ0) is 25.0. The molecule has 0 saturated heterocycles. The third-order valence-electron chi connectivity index (χ3n) is 6.86. The predicted octanol–water partition coefficient (Wildman–Crippen LogP) is 5.16. The van der Waals surface area contributed by atoms with Crippen LogP contribution in [0.4, 0.5) is 11.4 Å². The third-order valence-corrected chi connectivity index (χ3v) is 6.86. The normalized spacial score (nSPS) is 19.2. The number of pyridine rings is 1. The van der Waals surface area contributed by atoms with Gasteiger partial charge in [-0.3, -0.25) is 15.1 Å². The number of rotatable bonds is 5. The average molecular weight is 472 g/mol. The summed E-state index contributed by atoms with van der Waals surface area (Å²) in [4.78, 5) is 29.9. The van der Waals surface area contributed by atoms with E-state index in [-0.39, 0.29) is 12.3 Å². The molecule has 1 aromatic heterocycles. The largest absolute Gasteiger partial charge is 0.460 e. The summed E-state index contributed by atoms with van der Waals surface area (Å²) in [5, 5.41) is 12.1. The number of aromatic nitrogens is 1. The summed E-state index contributed by atoms with van der Waals surface area (Å²) in [5.41, 5.74) is 1.90. The number of nitro benzene ring substituents is 1. The Labute approximate surface area is 202 Å². The average Bonchev–Trinajstić information content (AvgIpc) is 3.02. The number of ether oxygens (including phenoxy) is 2. The summed E-state index contributed by atoms with van der Waals surface area (Å²) < 4.78 is 12.3. The highest BCUT2D eigenvalue weighted by Crippen LogP contribution is 2.55. The van der Waals surface area contributed by atoms with Crippen LogP contribution in [0.3, 0.4) is 0 Å². The molecule has 3 aromatic rings. The highest BCUT2D eigenvalue weighted by molar-refractivity contribution is 5.96. The van der Waals surface area contributed by atoms with E-state index in [2.05, 4.69) is 36.4 Å². The van der Waals surface area contributed by atoms with Crippen LogP contribution < -0.4 is 9.64 Å². The molecule has 1 spiro atoms. The van der Waals surface area contributed by atoms with Crippen LogP contribution in [0.25, 0.3) is 17.0 Å². The summed E-state index contributed by atoms with van der Waals surface area (Å²) in [6.45, 7) is 9.96. The molecular weight excluding hydrogens is 446 g/mol. The molecule has 0 aliphatic carbocycles. The lowest BCUT2D eigenvalue weighted by atomic mass is 9.76. The summed E-state index contributed by atoms with van der Waals surface area (Å²) >= 11 is 0. The van der Waals surface area contributed by atoms with Gasteiger partial charge in [0.05, 0.1) is 22.3 Å². The highest BCUT2D eigenvalue weighted by Gasteiger charge is 2.59. The van der Waals surface area contributed by atoms with Crippen molar-refractivity contribution in [2.24, 2.45) is 0 Å². The van der Waals surface area contributed by atoms with Crippen LogP contribution in [0.1, 0.15) is 31.9 Å². The van der Waals surface area contributed by atoms with Crippen LogP contribution in [0, 0.1) is 10.1 Å². The van der Waals surface area contributed by atoms with Crippen LogP contribution in [0.5, 0.6) is 5.75 Å². The Balaban J connectivity index is 1.64. The summed E-state index contributed by atoms with van der Waals surface area (Å²) in [7, 11) is 0. The van der Waals surface area contributed by atoms with Crippen LogP contribution in [-0.2, 0) is 14.9 Å². The van der Waals surface area contributed by atoms with Gasteiger partial charge in [-0.2, -0.15) is 0 Å². The van der Waals surface area contributed by atoms with Crippen LogP contribution in [0.15, 0.2) is 66.9 Å². The molecule has 0 fully saturated rings. The smallest absolute Gasteiger partial charge is 0.333 e. The van der Waals surface area contributed by atoms with Gasteiger partial charge in [0.2, 0.25) is 5.72 Å². The molecule has 1 unspecified atom stereocenters. The molecule has 0 saturated carbocycles. The minimum atomic E-state index is -0.972. The molecule has 3 heterocycles. The molecule has 2 aliphatic heterocycles. The lowest BCUT2D eigenvalue weighted by Crippen LogP contribution is -2.60. The summed E-state index contributed by atoms with van der Waals surface area (Å²) in [5.74, 6) is 0.0391. The van der Waals surface area contributed by atoms with Crippen molar-refractivity contribution in [2.45, 2.75) is 31.9 Å². The van der Waals surface area contributed by atoms with Gasteiger partial charge in [-0.25, -0.2) is 4.79 Å². The minimum absolute atomic E-state index is 0.0198. The van der Waals surface area contributed by atoms with Gasteiger partial charge in [0.25, 0.3) is 5.69 Å². The van der Waals surface area contributed by atoms with Crippen molar-refractivity contribution < 1.29 is 19.2 Å². The van der Waals surface area contributed by atoms with E-state index in [0.29, 0.717) is 34.3 Å². The molecular formula is C27H25N3O5. The number of anilines is 1. The molecule has 5 rings (SSSR count). The molecule has 0 amide bonds. The quantitative estimate of drug-likeness (QED) is 0.219. The Morgan fingerprint density at radius 1 is 1.26 bits per heavy atom. The summed E-state index contributed by atoms with van der Waals surface area (Å²) in [6.07, 6.45) is 5.40. The van der Waals surface area contributed by atoms with Crippen molar-refractivity contribution in [1.82, 2.24) is 4.98 Å². The number of hydrogen-bond acceptors (Lipinski definition) is 7. The van der Waals surface area contributed by atoms with Gasteiger partial charge in [0.1, 0.15) is 12.1 Å². The van der Waals surface area contributed by atoms with Crippen molar-refractivity contribution in [3.63, 3.8) is 0 Å². The Bertz CT molecular complexity index is 1430. The van der Waals surface area contributed by atoms with Gasteiger partial charge < -0.3 is 14.4 Å². The number of nitrogens with zero attached hydrogens (tertiary/aromatic N) is 3. The molecule has 8 nitrogen and oxygen atoms in total. The Morgan fingerprint density at radius 3 is 2.77 bits per heavy atom. The Hall–Kier alpha value is -4.20. The zero-order valence-corrected chi connectivity index (χ0v) is 19.8. The van der Waals surface area contributed by atoms with Gasteiger partial charge in [0, 0.05) is 29.1 Å². The van der Waals surface area contributed by atoms with Crippen LogP contribution >= 0.6 is 0 Å². The molecule has 178 valence electrons. The first-order valence-corrected chi connectivity index (χ1v) is 11.3. The number of carbonyl (C=O) groups excluding carboxylic acids is 1. The second-order valence-corrected chi connectivity index (χ2v) is 9.31. The fourth-order valence-electron chi connectivity index (χ4n) is 5.06. The number of carbonyl (C=O) groups is 1. The van der Waals surface area contributed by atoms with Crippen molar-refractivity contribution in [3.05, 3.63) is 88.1 Å². The number of hydrogen-bond donors (Lipinski definition) is 0. The molecule has 2 aromatic carbocycles. The number of non-ortho nitro benzene ring substituents is 1. The molecule has 35 heavy (non-hydrogen) atoms. The maximum atomic E-state index is 12.0. The van der Waals surface area contributed by atoms with E-state index in [1.807, 2.05) is 30.4 Å². The molecule has 0 bridgehead atoms. The molecule has 0 N–H and O–H groups in total. The molecule has 0 radical (unpaired) electrons. The van der Waals surface area contributed by atoms with E-state index < -0.39 is 22.0 Å². The monoisotopic (exact) mass is 471 g/mol. The summed E-state index contributed by atoms with van der Waals surface area (Å²) in [6, 6.07) is 12.9. The fourth-order valence-corrected chi connectivity index (χ4v) is 5.06. The van der Waals surface area contributed by atoms with Gasteiger partial charge in [-0.1, -0.05) is 24.8 Å². The lowest BCUT2D eigenvalue weighted by Gasteiger charge is -2.47. The molecule has 2 aliphatic rings. The van der Waals surface area contributed by atoms with E-state index in [0.717, 1.165) is 11.3 Å².